The van der Waals surface area contributed by atoms with E-state index in [9.17, 15) is 5.11 Å². The lowest BCUT2D eigenvalue weighted by molar-refractivity contribution is 0.475. The second kappa shape index (κ2) is 3.80. The van der Waals surface area contributed by atoms with Crippen molar-refractivity contribution in [1.29, 1.82) is 0 Å². The first-order valence-electron chi connectivity index (χ1n) is 5.63. The normalized spacial score (nSPS) is 11.0. The monoisotopic (exact) mass is 240 g/mol. The quantitative estimate of drug-likeness (QED) is 0.707. The number of imidazole rings is 1. The first-order chi connectivity index (χ1) is 8.66. The number of phenolic OH excluding ortho intramolecular Hbond substituents is 1. The highest BCUT2D eigenvalue weighted by molar-refractivity contribution is 5.68. The van der Waals surface area contributed by atoms with Crippen LogP contribution in [0.1, 0.15) is 11.3 Å². The van der Waals surface area contributed by atoms with Crippen LogP contribution in [-0.4, -0.2) is 24.7 Å². The third-order valence-corrected chi connectivity index (χ3v) is 2.96. The molecule has 0 aliphatic rings. The highest BCUT2D eigenvalue weighted by Crippen LogP contribution is 2.28. The number of aryl methyl sites for hydroxylation is 2. The van der Waals surface area contributed by atoms with Crippen LogP contribution >= 0.6 is 0 Å². The molecule has 2 heterocycles. The van der Waals surface area contributed by atoms with Gasteiger partial charge in [0, 0.05) is 18.0 Å². The molecule has 0 unspecified atom stereocenters. The fourth-order valence-corrected chi connectivity index (χ4v) is 2.12. The fourth-order valence-electron chi connectivity index (χ4n) is 2.12. The Morgan fingerprint density at radius 3 is 2.78 bits per heavy atom. The van der Waals surface area contributed by atoms with Crippen LogP contribution in [0.15, 0.2) is 30.6 Å². The Morgan fingerprint density at radius 2 is 2.00 bits per heavy atom. The number of hydrogen-bond acceptors (Lipinski definition) is 4. The standard InChI is InChI=1S/C13H12N4O/c1-8-7-10(18)3-4-11(8)12-9(2)15-16-13-14-5-6-17(12)13/h3-7,18H,1-2H3. The number of aromatic nitrogens is 4. The van der Waals surface area contributed by atoms with E-state index in [0.29, 0.717) is 5.78 Å². The van der Waals surface area contributed by atoms with Gasteiger partial charge in [-0.15, -0.1) is 10.2 Å². The highest BCUT2D eigenvalue weighted by Gasteiger charge is 2.12. The molecule has 90 valence electrons. The molecule has 0 saturated heterocycles. The molecule has 0 bridgehead atoms. The maximum absolute atomic E-state index is 9.48. The van der Waals surface area contributed by atoms with E-state index in [1.54, 1.807) is 18.3 Å². The van der Waals surface area contributed by atoms with Crippen LogP contribution < -0.4 is 0 Å². The summed E-state index contributed by atoms with van der Waals surface area (Å²) in [6.07, 6.45) is 3.56. The van der Waals surface area contributed by atoms with Crippen molar-refractivity contribution in [2.45, 2.75) is 13.8 Å². The third-order valence-electron chi connectivity index (χ3n) is 2.96. The highest BCUT2D eigenvalue weighted by atomic mass is 16.3. The molecular weight excluding hydrogens is 228 g/mol. The zero-order chi connectivity index (χ0) is 12.7. The van der Waals surface area contributed by atoms with Crippen LogP contribution in [0.5, 0.6) is 5.75 Å². The summed E-state index contributed by atoms with van der Waals surface area (Å²) in [5.41, 5.74) is 3.79. The topological polar surface area (TPSA) is 63.3 Å². The molecule has 5 heteroatoms. The molecule has 1 N–H and O–H groups in total. The molecule has 18 heavy (non-hydrogen) atoms. The summed E-state index contributed by atoms with van der Waals surface area (Å²) in [7, 11) is 0. The van der Waals surface area contributed by atoms with Crippen molar-refractivity contribution in [3.05, 3.63) is 41.9 Å². The summed E-state index contributed by atoms with van der Waals surface area (Å²) >= 11 is 0. The zero-order valence-electron chi connectivity index (χ0n) is 10.1. The smallest absolute Gasteiger partial charge is 0.254 e. The van der Waals surface area contributed by atoms with Gasteiger partial charge in [-0.3, -0.25) is 4.40 Å². The molecule has 3 rings (SSSR count). The van der Waals surface area contributed by atoms with Crippen molar-refractivity contribution in [2.24, 2.45) is 0 Å². The maximum atomic E-state index is 9.48. The predicted molar refractivity (Wildman–Crippen MR) is 67.4 cm³/mol. The maximum Gasteiger partial charge on any atom is 0.254 e. The van der Waals surface area contributed by atoms with Crippen molar-refractivity contribution in [2.75, 3.05) is 0 Å². The summed E-state index contributed by atoms with van der Waals surface area (Å²) in [6, 6.07) is 5.29. The average Bonchev–Trinajstić information content (AvgIpc) is 2.79. The molecule has 0 fully saturated rings. The van der Waals surface area contributed by atoms with Gasteiger partial charge in [0.05, 0.1) is 11.4 Å². The van der Waals surface area contributed by atoms with E-state index in [1.165, 1.54) is 0 Å². The van der Waals surface area contributed by atoms with E-state index in [4.69, 9.17) is 0 Å². The van der Waals surface area contributed by atoms with Crippen molar-refractivity contribution in [3.8, 4) is 17.0 Å². The van der Waals surface area contributed by atoms with Crippen molar-refractivity contribution in [1.82, 2.24) is 19.6 Å². The van der Waals surface area contributed by atoms with Crippen LogP contribution in [0, 0.1) is 13.8 Å². The molecule has 3 aromatic rings. The fraction of sp³-hybridized carbons (Fsp3) is 0.154. The van der Waals surface area contributed by atoms with Gasteiger partial charge in [0.1, 0.15) is 5.75 Å². The van der Waals surface area contributed by atoms with E-state index in [1.807, 2.05) is 30.5 Å². The Balaban J connectivity index is 2.36. The molecule has 0 amide bonds. The minimum Gasteiger partial charge on any atom is -0.508 e. The first-order valence-corrected chi connectivity index (χ1v) is 5.63. The van der Waals surface area contributed by atoms with Gasteiger partial charge in [-0.05, 0) is 37.6 Å². The van der Waals surface area contributed by atoms with Gasteiger partial charge in [0.2, 0.25) is 0 Å². The molecule has 0 aliphatic heterocycles. The van der Waals surface area contributed by atoms with Gasteiger partial charge in [-0.2, -0.15) is 0 Å². The molecule has 2 aromatic heterocycles. The SMILES string of the molecule is Cc1cc(O)ccc1-c1c(C)nnc2nccn12. The molecule has 0 spiro atoms. The van der Waals surface area contributed by atoms with Gasteiger partial charge < -0.3 is 5.11 Å². The number of hydrogen-bond donors (Lipinski definition) is 1. The lowest BCUT2D eigenvalue weighted by atomic mass is 10.0. The van der Waals surface area contributed by atoms with Crippen LogP contribution in [0.4, 0.5) is 0 Å². The number of aromatic hydroxyl groups is 1. The number of fused-ring (bicyclic) bond motifs is 1. The lowest BCUT2D eigenvalue weighted by Gasteiger charge is -2.10. The summed E-state index contributed by atoms with van der Waals surface area (Å²) in [4.78, 5) is 4.13. The largest absolute Gasteiger partial charge is 0.508 e. The molecule has 0 radical (unpaired) electrons. The Labute approximate surface area is 104 Å². The zero-order valence-corrected chi connectivity index (χ0v) is 10.1. The molecular formula is C13H12N4O. The second-order valence-corrected chi connectivity index (χ2v) is 4.23. The van der Waals surface area contributed by atoms with Crippen molar-refractivity contribution >= 4 is 5.78 Å². The number of benzene rings is 1. The lowest BCUT2D eigenvalue weighted by Crippen LogP contribution is -2.01. The van der Waals surface area contributed by atoms with Gasteiger partial charge in [-0.1, -0.05) is 0 Å². The molecule has 1 aromatic carbocycles. The summed E-state index contributed by atoms with van der Waals surface area (Å²) < 4.78 is 1.90. The van der Waals surface area contributed by atoms with Gasteiger partial charge in [0.25, 0.3) is 5.78 Å². The van der Waals surface area contributed by atoms with E-state index in [-0.39, 0.29) is 5.75 Å². The van der Waals surface area contributed by atoms with Gasteiger partial charge >= 0.3 is 0 Å². The molecule has 0 aliphatic carbocycles. The molecule has 5 nitrogen and oxygen atoms in total. The molecule has 0 saturated carbocycles. The van der Waals surface area contributed by atoms with Crippen molar-refractivity contribution < 1.29 is 5.11 Å². The summed E-state index contributed by atoms with van der Waals surface area (Å²) in [6.45, 7) is 3.87. The Bertz CT molecular complexity index is 733. The third kappa shape index (κ3) is 1.52. The summed E-state index contributed by atoms with van der Waals surface area (Å²) in [5.74, 6) is 0.834. The number of nitrogens with zero attached hydrogens (tertiary/aromatic N) is 4. The number of rotatable bonds is 1. The van der Waals surface area contributed by atoms with Crippen LogP contribution in [-0.2, 0) is 0 Å². The average molecular weight is 240 g/mol. The van der Waals surface area contributed by atoms with Crippen molar-refractivity contribution in [3.63, 3.8) is 0 Å². The van der Waals surface area contributed by atoms with Crippen LogP contribution in [0.25, 0.3) is 17.0 Å². The number of phenols is 1. The predicted octanol–water partition coefficient (Wildman–Crippen LogP) is 2.11. The Hall–Kier alpha value is -2.43. The van der Waals surface area contributed by atoms with Crippen LogP contribution in [0.3, 0.4) is 0 Å². The van der Waals surface area contributed by atoms with E-state index < -0.39 is 0 Å². The minimum atomic E-state index is 0.262. The Kier molecular flexibility index (Phi) is 2.26. The Morgan fingerprint density at radius 1 is 1.17 bits per heavy atom. The van der Waals surface area contributed by atoms with E-state index in [2.05, 4.69) is 15.2 Å². The van der Waals surface area contributed by atoms with E-state index >= 15 is 0 Å². The van der Waals surface area contributed by atoms with Gasteiger partial charge in [0.15, 0.2) is 0 Å². The first kappa shape index (κ1) is 10.7. The van der Waals surface area contributed by atoms with Gasteiger partial charge in [-0.25, -0.2) is 4.98 Å². The van der Waals surface area contributed by atoms with E-state index in [0.717, 1.165) is 22.5 Å². The minimum absolute atomic E-state index is 0.262. The molecule has 0 atom stereocenters. The summed E-state index contributed by atoms with van der Waals surface area (Å²) in [5, 5.41) is 17.6. The van der Waals surface area contributed by atoms with Crippen LogP contribution in [0.2, 0.25) is 0 Å². The second-order valence-electron chi connectivity index (χ2n) is 4.23.